The number of ether oxygens (including phenoxy) is 1. The van der Waals surface area contributed by atoms with Crippen LogP contribution < -0.4 is 5.73 Å². The number of hydrogen-bond acceptors (Lipinski definition) is 7. The van der Waals surface area contributed by atoms with E-state index in [2.05, 4.69) is 22.0 Å². The zero-order valence-electron chi connectivity index (χ0n) is 14.7. The summed E-state index contributed by atoms with van der Waals surface area (Å²) in [5.74, 6) is 2.55. The second-order valence-electron chi connectivity index (χ2n) is 7.01. The van der Waals surface area contributed by atoms with E-state index in [0.717, 1.165) is 36.8 Å². The highest BCUT2D eigenvalue weighted by Crippen LogP contribution is 2.42. The fourth-order valence-corrected chi connectivity index (χ4v) is 3.96. The minimum Gasteiger partial charge on any atom is -0.394 e. The summed E-state index contributed by atoms with van der Waals surface area (Å²) in [5, 5.41) is 31.4. The van der Waals surface area contributed by atoms with Crippen molar-refractivity contribution in [2.45, 2.75) is 49.7 Å². The first-order valence-corrected chi connectivity index (χ1v) is 8.96. The standard InChI is InChI=1S/C19H22N4O4/c1-2-19(26)15(25)13(9-24)27-18(19)23-8-12(11-6-4-3-5-7-11)14-16(20)21-10-22-17(14)23/h1,6,8,10,13,15,18,24-26H,3-5,7,9H2,(H2,20,21,22)/t13-,15-,18-,19-/m1/s1. The molecule has 0 bridgehead atoms. The Balaban J connectivity index is 1.92. The molecule has 4 rings (SSSR count). The van der Waals surface area contributed by atoms with Crippen molar-refractivity contribution in [3.05, 3.63) is 24.2 Å². The number of aromatic nitrogens is 3. The van der Waals surface area contributed by atoms with Gasteiger partial charge in [-0.3, -0.25) is 0 Å². The molecule has 2 aromatic heterocycles. The number of anilines is 1. The van der Waals surface area contributed by atoms with Gasteiger partial charge < -0.3 is 30.4 Å². The third-order valence-electron chi connectivity index (χ3n) is 5.42. The smallest absolute Gasteiger partial charge is 0.199 e. The maximum absolute atomic E-state index is 10.9. The van der Waals surface area contributed by atoms with Gasteiger partial charge in [0.25, 0.3) is 0 Å². The fraction of sp³-hybridized carbons (Fsp3) is 0.474. The summed E-state index contributed by atoms with van der Waals surface area (Å²) in [4.78, 5) is 8.42. The van der Waals surface area contributed by atoms with Crippen molar-refractivity contribution in [3.8, 4) is 12.3 Å². The van der Waals surface area contributed by atoms with Crippen molar-refractivity contribution in [1.82, 2.24) is 14.5 Å². The van der Waals surface area contributed by atoms with Crippen molar-refractivity contribution in [2.24, 2.45) is 0 Å². The number of rotatable bonds is 3. The topological polar surface area (TPSA) is 127 Å². The minimum atomic E-state index is -2.02. The van der Waals surface area contributed by atoms with Crippen LogP contribution in [-0.4, -0.2) is 54.3 Å². The highest BCUT2D eigenvalue weighted by atomic mass is 16.6. The first-order chi connectivity index (χ1) is 13.0. The molecule has 3 heterocycles. The largest absolute Gasteiger partial charge is 0.394 e. The molecule has 27 heavy (non-hydrogen) atoms. The maximum atomic E-state index is 10.9. The van der Waals surface area contributed by atoms with Crippen LogP contribution in [0.15, 0.2) is 18.6 Å². The lowest BCUT2D eigenvalue weighted by Gasteiger charge is -2.26. The Hall–Kier alpha value is -2.44. The number of fused-ring (bicyclic) bond motifs is 1. The highest BCUT2D eigenvalue weighted by molar-refractivity contribution is 5.97. The third kappa shape index (κ3) is 2.63. The van der Waals surface area contributed by atoms with Crippen LogP contribution in [0.25, 0.3) is 16.6 Å². The van der Waals surface area contributed by atoms with Crippen LogP contribution >= 0.6 is 0 Å². The lowest BCUT2D eigenvalue weighted by molar-refractivity contribution is -0.0718. The molecular weight excluding hydrogens is 348 g/mol. The van der Waals surface area contributed by atoms with E-state index in [0.29, 0.717) is 16.9 Å². The van der Waals surface area contributed by atoms with Crippen LogP contribution in [0.2, 0.25) is 0 Å². The molecule has 142 valence electrons. The predicted octanol–water partition coefficient (Wildman–Crippen LogP) is 0.586. The monoisotopic (exact) mass is 370 g/mol. The molecule has 0 spiro atoms. The Bertz CT molecular complexity index is 947. The van der Waals surface area contributed by atoms with Gasteiger partial charge in [0.2, 0.25) is 0 Å². The maximum Gasteiger partial charge on any atom is 0.199 e. The summed E-state index contributed by atoms with van der Waals surface area (Å²) in [6.07, 6.45) is 11.3. The van der Waals surface area contributed by atoms with E-state index in [1.165, 1.54) is 6.33 Å². The number of terminal acetylenes is 1. The molecule has 0 aromatic carbocycles. The molecule has 0 amide bonds. The van der Waals surface area contributed by atoms with Gasteiger partial charge in [-0.05, 0) is 31.3 Å². The van der Waals surface area contributed by atoms with E-state index in [1.807, 2.05) is 0 Å². The molecule has 1 fully saturated rings. The molecule has 0 unspecified atom stereocenters. The third-order valence-corrected chi connectivity index (χ3v) is 5.42. The van der Waals surface area contributed by atoms with E-state index >= 15 is 0 Å². The quantitative estimate of drug-likeness (QED) is 0.582. The molecule has 0 radical (unpaired) electrons. The van der Waals surface area contributed by atoms with Crippen LogP contribution in [0.1, 0.15) is 37.5 Å². The van der Waals surface area contributed by atoms with Crippen molar-refractivity contribution >= 4 is 22.4 Å². The van der Waals surface area contributed by atoms with Crippen LogP contribution in [0.4, 0.5) is 5.82 Å². The zero-order valence-corrected chi connectivity index (χ0v) is 14.7. The van der Waals surface area contributed by atoms with Gasteiger partial charge >= 0.3 is 0 Å². The van der Waals surface area contributed by atoms with E-state index in [4.69, 9.17) is 16.9 Å². The van der Waals surface area contributed by atoms with Crippen molar-refractivity contribution < 1.29 is 20.1 Å². The van der Waals surface area contributed by atoms with E-state index in [-0.39, 0.29) is 0 Å². The van der Waals surface area contributed by atoms with Gasteiger partial charge in [0.15, 0.2) is 11.8 Å². The van der Waals surface area contributed by atoms with E-state index < -0.39 is 30.6 Å². The molecule has 2 aromatic rings. The molecule has 8 heteroatoms. The normalized spacial score (nSPS) is 31.0. The summed E-state index contributed by atoms with van der Waals surface area (Å²) in [7, 11) is 0. The molecule has 1 aliphatic heterocycles. The molecule has 8 nitrogen and oxygen atoms in total. The highest BCUT2D eigenvalue weighted by Gasteiger charge is 2.55. The molecule has 4 atom stereocenters. The Labute approximate surface area is 156 Å². The van der Waals surface area contributed by atoms with Crippen molar-refractivity contribution in [1.29, 1.82) is 0 Å². The average molecular weight is 370 g/mol. The molecule has 5 N–H and O–H groups in total. The number of nitrogens with zero attached hydrogens (tertiary/aromatic N) is 3. The van der Waals surface area contributed by atoms with Gasteiger partial charge in [0.05, 0.1) is 12.0 Å². The van der Waals surface area contributed by atoms with Gasteiger partial charge in [0, 0.05) is 11.8 Å². The zero-order chi connectivity index (χ0) is 19.2. The average Bonchev–Trinajstić information content (AvgIpc) is 3.20. The summed E-state index contributed by atoms with van der Waals surface area (Å²) in [6, 6.07) is 0. The number of aliphatic hydroxyl groups is 3. The fourth-order valence-electron chi connectivity index (χ4n) is 3.96. The first kappa shape index (κ1) is 17.9. The Kier molecular flexibility index (Phi) is 4.40. The minimum absolute atomic E-state index is 0.321. The summed E-state index contributed by atoms with van der Waals surface area (Å²) >= 11 is 0. The van der Waals surface area contributed by atoms with Crippen LogP contribution in [0.3, 0.4) is 0 Å². The second kappa shape index (κ2) is 6.62. The number of nitrogen functional groups attached to an aromatic ring is 1. The summed E-state index contributed by atoms with van der Waals surface area (Å²) < 4.78 is 7.29. The van der Waals surface area contributed by atoms with Crippen molar-refractivity contribution in [2.75, 3.05) is 12.3 Å². The lowest BCUT2D eigenvalue weighted by Crippen LogP contribution is -2.45. The Morgan fingerprint density at radius 1 is 1.41 bits per heavy atom. The van der Waals surface area contributed by atoms with Crippen LogP contribution in [0, 0.1) is 12.3 Å². The molecule has 1 saturated heterocycles. The van der Waals surface area contributed by atoms with E-state index in [9.17, 15) is 15.3 Å². The van der Waals surface area contributed by atoms with Crippen molar-refractivity contribution in [3.63, 3.8) is 0 Å². The molecule has 2 aliphatic rings. The van der Waals surface area contributed by atoms with Gasteiger partial charge in [0.1, 0.15) is 30.0 Å². The number of aliphatic hydroxyl groups excluding tert-OH is 2. The number of nitrogens with two attached hydrogens (primary N) is 1. The number of hydrogen-bond donors (Lipinski definition) is 4. The second-order valence-corrected chi connectivity index (χ2v) is 7.01. The SMILES string of the molecule is C#C[C@@]1(O)[C@H](O)[C@@H](CO)O[C@H]1n1cc(C2=CCCCC2)c2c(N)ncnc21. The van der Waals surface area contributed by atoms with Crippen LogP contribution in [-0.2, 0) is 4.74 Å². The molecular formula is C19H22N4O4. The van der Waals surface area contributed by atoms with Gasteiger partial charge in [-0.2, -0.15) is 0 Å². The summed E-state index contributed by atoms with van der Waals surface area (Å²) in [5.41, 5.74) is 6.57. The molecule has 0 saturated carbocycles. The van der Waals surface area contributed by atoms with Gasteiger partial charge in [-0.25, -0.2) is 9.97 Å². The Morgan fingerprint density at radius 2 is 2.22 bits per heavy atom. The van der Waals surface area contributed by atoms with Gasteiger partial charge in [-0.15, -0.1) is 6.42 Å². The predicted molar refractivity (Wildman–Crippen MR) is 99.2 cm³/mol. The van der Waals surface area contributed by atoms with Crippen LogP contribution in [0.5, 0.6) is 0 Å². The van der Waals surface area contributed by atoms with E-state index in [1.54, 1.807) is 10.8 Å². The lowest BCUT2D eigenvalue weighted by atomic mass is 9.94. The number of allylic oxidation sites excluding steroid dienone is 2. The summed E-state index contributed by atoms with van der Waals surface area (Å²) in [6.45, 7) is -0.476. The first-order valence-electron chi connectivity index (χ1n) is 8.96. The Morgan fingerprint density at radius 3 is 2.89 bits per heavy atom. The van der Waals surface area contributed by atoms with Gasteiger partial charge in [-0.1, -0.05) is 12.0 Å². The molecule has 1 aliphatic carbocycles.